The van der Waals surface area contributed by atoms with Gasteiger partial charge in [0.2, 0.25) is 5.88 Å². The van der Waals surface area contributed by atoms with E-state index in [0.29, 0.717) is 30.0 Å². The fourth-order valence-corrected chi connectivity index (χ4v) is 1.56. The molecule has 0 saturated carbocycles. The number of carbonyl (C=O) groups is 2. The molecule has 0 saturated heterocycles. The quantitative estimate of drug-likeness (QED) is 0.809. The molecule has 0 aliphatic heterocycles. The zero-order valence-electron chi connectivity index (χ0n) is 11.3. The van der Waals surface area contributed by atoms with Gasteiger partial charge in [0.25, 0.3) is 5.91 Å². The van der Waals surface area contributed by atoms with Crippen LogP contribution in [-0.2, 0) is 0 Å². The summed E-state index contributed by atoms with van der Waals surface area (Å²) in [5.41, 5.74) is 5.59. The highest BCUT2D eigenvalue weighted by atomic mass is 16.5. The molecule has 0 aliphatic carbocycles. The number of aromatic nitrogens is 2. The van der Waals surface area contributed by atoms with Crippen molar-refractivity contribution < 1.29 is 19.1 Å². The summed E-state index contributed by atoms with van der Waals surface area (Å²) in [6, 6.07) is 4.76. The summed E-state index contributed by atoms with van der Waals surface area (Å²) in [5, 5.41) is 0. The molecule has 2 aromatic rings. The van der Waals surface area contributed by atoms with Gasteiger partial charge in [0.1, 0.15) is 12.0 Å². The Morgan fingerprint density at radius 2 is 2.10 bits per heavy atom. The Hall–Kier alpha value is -2.96. The van der Waals surface area contributed by atoms with Crippen LogP contribution < -0.4 is 15.2 Å². The topological polar surface area (TPSA) is 104 Å². The van der Waals surface area contributed by atoms with Crippen LogP contribution in [0.5, 0.6) is 17.4 Å². The van der Waals surface area contributed by atoms with Gasteiger partial charge in [-0.3, -0.25) is 9.59 Å². The smallest absolute Gasteiger partial charge is 0.268 e. The maximum atomic E-state index is 10.9. The fraction of sp³-hybridized carbons (Fsp3) is 0.143. The molecule has 2 rings (SSSR count). The molecule has 0 atom stereocenters. The summed E-state index contributed by atoms with van der Waals surface area (Å²) < 4.78 is 10.9. The van der Waals surface area contributed by atoms with Crippen LogP contribution in [-0.4, -0.2) is 28.8 Å². The lowest BCUT2D eigenvalue weighted by Gasteiger charge is -2.11. The van der Waals surface area contributed by atoms with Crippen molar-refractivity contribution in [2.24, 2.45) is 5.73 Å². The molecule has 0 spiro atoms. The van der Waals surface area contributed by atoms with Gasteiger partial charge in [-0.05, 0) is 25.1 Å². The number of benzene rings is 1. The average molecular weight is 287 g/mol. The minimum atomic E-state index is -0.667. The fourth-order valence-electron chi connectivity index (χ4n) is 1.56. The van der Waals surface area contributed by atoms with E-state index in [1.807, 2.05) is 6.92 Å². The van der Waals surface area contributed by atoms with Crippen LogP contribution in [0.4, 0.5) is 0 Å². The van der Waals surface area contributed by atoms with E-state index < -0.39 is 5.91 Å². The van der Waals surface area contributed by atoms with Crippen molar-refractivity contribution in [3.8, 4) is 17.4 Å². The van der Waals surface area contributed by atoms with Gasteiger partial charge in [-0.15, -0.1) is 0 Å². The maximum absolute atomic E-state index is 10.9. The molecule has 2 N–H and O–H groups in total. The third-order valence-corrected chi connectivity index (χ3v) is 2.50. The number of aldehydes is 1. The van der Waals surface area contributed by atoms with E-state index >= 15 is 0 Å². The second kappa shape index (κ2) is 6.47. The standard InChI is InChI=1S/C14H13N3O4/c1-2-20-12-5-9(8-18)3-4-11(12)21-13-7-16-10(6-17-13)14(15)19/h3-8H,2H2,1H3,(H2,15,19). The minimum Gasteiger partial charge on any atom is -0.490 e. The number of ether oxygens (including phenoxy) is 2. The molecule has 21 heavy (non-hydrogen) atoms. The van der Waals surface area contributed by atoms with E-state index in [1.165, 1.54) is 12.4 Å². The third-order valence-electron chi connectivity index (χ3n) is 2.50. The van der Waals surface area contributed by atoms with Crippen molar-refractivity contribution in [3.05, 3.63) is 41.9 Å². The van der Waals surface area contributed by atoms with Crippen LogP contribution in [0.25, 0.3) is 0 Å². The molecule has 1 heterocycles. The Kier molecular flexibility index (Phi) is 4.45. The van der Waals surface area contributed by atoms with Crippen molar-refractivity contribution in [3.63, 3.8) is 0 Å². The predicted molar refractivity (Wildman–Crippen MR) is 73.6 cm³/mol. The lowest BCUT2D eigenvalue weighted by Crippen LogP contribution is -2.13. The second-order valence-corrected chi connectivity index (χ2v) is 3.96. The van der Waals surface area contributed by atoms with Crippen LogP contribution >= 0.6 is 0 Å². The first-order chi connectivity index (χ1) is 10.1. The normalized spacial score (nSPS) is 9.95. The van der Waals surface area contributed by atoms with Crippen LogP contribution in [0.2, 0.25) is 0 Å². The van der Waals surface area contributed by atoms with E-state index in [1.54, 1.807) is 18.2 Å². The number of amides is 1. The molecule has 0 radical (unpaired) electrons. The summed E-state index contributed by atoms with van der Waals surface area (Å²) in [5.74, 6) is 0.325. The van der Waals surface area contributed by atoms with Gasteiger partial charge in [-0.1, -0.05) is 0 Å². The summed E-state index contributed by atoms with van der Waals surface area (Å²) >= 11 is 0. The molecular weight excluding hydrogens is 274 g/mol. The zero-order chi connectivity index (χ0) is 15.2. The first-order valence-corrected chi connectivity index (χ1v) is 6.15. The monoisotopic (exact) mass is 287 g/mol. The van der Waals surface area contributed by atoms with Gasteiger partial charge in [0.05, 0.1) is 19.0 Å². The molecule has 1 amide bonds. The van der Waals surface area contributed by atoms with E-state index in [2.05, 4.69) is 9.97 Å². The first kappa shape index (κ1) is 14.4. The Morgan fingerprint density at radius 3 is 2.67 bits per heavy atom. The summed E-state index contributed by atoms with van der Waals surface area (Å²) in [4.78, 5) is 29.4. The number of nitrogens with zero attached hydrogens (tertiary/aromatic N) is 2. The number of nitrogens with two attached hydrogens (primary N) is 1. The van der Waals surface area contributed by atoms with E-state index in [-0.39, 0.29) is 11.6 Å². The molecule has 108 valence electrons. The maximum Gasteiger partial charge on any atom is 0.268 e. The Bertz CT molecular complexity index is 656. The third kappa shape index (κ3) is 3.53. The van der Waals surface area contributed by atoms with Crippen LogP contribution in [0.1, 0.15) is 27.8 Å². The Labute approximate surface area is 120 Å². The molecule has 0 unspecified atom stereocenters. The molecular formula is C14H13N3O4. The number of hydrogen-bond acceptors (Lipinski definition) is 6. The van der Waals surface area contributed by atoms with Crippen molar-refractivity contribution >= 4 is 12.2 Å². The average Bonchev–Trinajstić information content (AvgIpc) is 2.49. The van der Waals surface area contributed by atoms with Gasteiger partial charge in [-0.2, -0.15) is 0 Å². The summed E-state index contributed by atoms with van der Waals surface area (Å²) in [7, 11) is 0. The highest BCUT2D eigenvalue weighted by Gasteiger charge is 2.09. The van der Waals surface area contributed by atoms with Gasteiger partial charge < -0.3 is 15.2 Å². The van der Waals surface area contributed by atoms with Crippen LogP contribution in [0, 0.1) is 0 Å². The number of rotatable bonds is 6. The molecule has 1 aromatic carbocycles. The number of hydrogen-bond donors (Lipinski definition) is 1. The van der Waals surface area contributed by atoms with Gasteiger partial charge in [0.15, 0.2) is 11.5 Å². The molecule has 0 aliphatic rings. The lowest BCUT2D eigenvalue weighted by atomic mass is 10.2. The molecule has 1 aromatic heterocycles. The molecule has 7 heteroatoms. The molecule has 7 nitrogen and oxygen atoms in total. The van der Waals surface area contributed by atoms with Crippen molar-refractivity contribution in [1.82, 2.24) is 9.97 Å². The Morgan fingerprint density at radius 1 is 1.29 bits per heavy atom. The highest BCUT2D eigenvalue weighted by molar-refractivity contribution is 5.90. The number of primary amides is 1. The zero-order valence-corrected chi connectivity index (χ0v) is 11.3. The van der Waals surface area contributed by atoms with E-state index in [0.717, 1.165) is 0 Å². The van der Waals surface area contributed by atoms with Crippen molar-refractivity contribution in [1.29, 1.82) is 0 Å². The van der Waals surface area contributed by atoms with Gasteiger partial charge >= 0.3 is 0 Å². The second-order valence-electron chi connectivity index (χ2n) is 3.96. The van der Waals surface area contributed by atoms with E-state index in [9.17, 15) is 9.59 Å². The van der Waals surface area contributed by atoms with Gasteiger partial charge in [0, 0.05) is 5.56 Å². The Balaban J connectivity index is 2.25. The van der Waals surface area contributed by atoms with Crippen LogP contribution in [0.3, 0.4) is 0 Å². The van der Waals surface area contributed by atoms with Crippen molar-refractivity contribution in [2.45, 2.75) is 6.92 Å². The highest BCUT2D eigenvalue weighted by Crippen LogP contribution is 2.31. The summed E-state index contributed by atoms with van der Waals surface area (Å²) in [6.45, 7) is 2.24. The largest absolute Gasteiger partial charge is 0.490 e. The lowest BCUT2D eigenvalue weighted by molar-refractivity contribution is 0.0994. The van der Waals surface area contributed by atoms with E-state index in [4.69, 9.17) is 15.2 Å². The summed E-state index contributed by atoms with van der Waals surface area (Å²) in [6.07, 6.45) is 3.22. The predicted octanol–water partition coefficient (Wildman–Crippen LogP) is 1.58. The minimum absolute atomic E-state index is 0.0451. The SMILES string of the molecule is CCOc1cc(C=O)ccc1Oc1cnc(C(N)=O)cn1. The van der Waals surface area contributed by atoms with Crippen molar-refractivity contribution in [2.75, 3.05) is 6.61 Å². The molecule has 0 fully saturated rings. The van der Waals surface area contributed by atoms with Gasteiger partial charge in [-0.25, -0.2) is 9.97 Å². The first-order valence-electron chi connectivity index (χ1n) is 6.15. The molecule has 0 bridgehead atoms. The number of carbonyl (C=O) groups excluding carboxylic acids is 2. The van der Waals surface area contributed by atoms with Crippen LogP contribution in [0.15, 0.2) is 30.6 Å².